The zero-order valence-electron chi connectivity index (χ0n) is 8.12. The van der Waals surface area contributed by atoms with Gasteiger partial charge in [0.05, 0.1) is 6.61 Å². The number of esters is 1. The minimum atomic E-state index is -0.228. The highest BCUT2D eigenvalue weighted by Crippen LogP contribution is 2.27. The van der Waals surface area contributed by atoms with Gasteiger partial charge in [-0.1, -0.05) is 0 Å². The van der Waals surface area contributed by atoms with Crippen molar-refractivity contribution < 1.29 is 9.53 Å². The lowest BCUT2D eigenvalue weighted by Gasteiger charge is -1.95. The molecule has 0 aliphatic carbocycles. The van der Waals surface area contributed by atoms with Crippen LogP contribution in [0.2, 0.25) is 0 Å². The number of rotatable bonds is 2. The molecule has 2 rings (SSSR count). The molecular formula is C11H9IO2S. The summed E-state index contributed by atoms with van der Waals surface area (Å²) in [4.78, 5) is 12.2. The number of hydrogen-bond donors (Lipinski definition) is 0. The number of benzene rings is 1. The van der Waals surface area contributed by atoms with Gasteiger partial charge in [-0.3, -0.25) is 0 Å². The van der Waals surface area contributed by atoms with Gasteiger partial charge in [0.15, 0.2) is 0 Å². The van der Waals surface area contributed by atoms with Gasteiger partial charge >= 0.3 is 5.97 Å². The van der Waals surface area contributed by atoms with E-state index in [4.69, 9.17) is 4.74 Å². The Kier molecular flexibility index (Phi) is 3.25. The number of thiophene rings is 1. The Morgan fingerprint density at radius 2 is 2.27 bits per heavy atom. The van der Waals surface area contributed by atoms with Crippen LogP contribution in [-0.4, -0.2) is 12.6 Å². The van der Waals surface area contributed by atoms with Crippen molar-refractivity contribution in [2.45, 2.75) is 6.92 Å². The van der Waals surface area contributed by atoms with E-state index in [9.17, 15) is 4.79 Å². The summed E-state index contributed by atoms with van der Waals surface area (Å²) < 4.78 is 7.26. The second-order valence-corrected chi connectivity index (χ2v) is 5.34. The fraction of sp³-hybridized carbons (Fsp3) is 0.182. The van der Waals surface area contributed by atoms with Crippen LogP contribution >= 0.6 is 33.9 Å². The number of carbonyl (C=O) groups excluding carboxylic acids is 1. The van der Waals surface area contributed by atoms with Crippen molar-refractivity contribution in [3.05, 3.63) is 32.7 Å². The molecule has 0 N–H and O–H groups in total. The van der Waals surface area contributed by atoms with Crippen LogP contribution in [0.1, 0.15) is 16.6 Å². The summed E-state index contributed by atoms with van der Waals surface area (Å²) in [6.45, 7) is 2.23. The maximum atomic E-state index is 11.5. The number of ether oxygens (including phenoxy) is 1. The Morgan fingerprint density at radius 3 is 3.00 bits per heavy atom. The van der Waals surface area contributed by atoms with Crippen molar-refractivity contribution in [1.29, 1.82) is 0 Å². The van der Waals surface area contributed by atoms with Gasteiger partial charge in [-0.05, 0) is 59.2 Å². The van der Waals surface area contributed by atoms with Crippen molar-refractivity contribution >= 4 is 50.0 Å². The van der Waals surface area contributed by atoms with E-state index in [1.807, 2.05) is 25.1 Å². The van der Waals surface area contributed by atoms with Crippen LogP contribution in [-0.2, 0) is 4.74 Å². The molecule has 78 valence electrons. The molecule has 15 heavy (non-hydrogen) atoms. The molecule has 0 atom stereocenters. The van der Waals surface area contributed by atoms with E-state index >= 15 is 0 Å². The molecule has 0 aliphatic rings. The van der Waals surface area contributed by atoms with Crippen LogP contribution in [0, 0.1) is 3.57 Å². The van der Waals surface area contributed by atoms with Crippen LogP contribution in [0.3, 0.4) is 0 Å². The fourth-order valence-electron chi connectivity index (χ4n) is 1.32. The summed E-state index contributed by atoms with van der Waals surface area (Å²) in [6, 6.07) is 8.02. The molecule has 1 aromatic carbocycles. The third kappa shape index (κ3) is 2.31. The van der Waals surface area contributed by atoms with Crippen molar-refractivity contribution in [2.24, 2.45) is 0 Å². The highest BCUT2D eigenvalue weighted by Gasteiger charge is 2.10. The van der Waals surface area contributed by atoms with Crippen molar-refractivity contribution in [2.75, 3.05) is 6.61 Å². The van der Waals surface area contributed by atoms with Crippen LogP contribution in [0.25, 0.3) is 10.1 Å². The molecule has 0 unspecified atom stereocenters. The Morgan fingerprint density at radius 1 is 1.47 bits per heavy atom. The van der Waals surface area contributed by atoms with E-state index in [2.05, 4.69) is 28.7 Å². The average Bonchev–Trinajstić information content (AvgIpc) is 2.60. The van der Waals surface area contributed by atoms with E-state index in [0.29, 0.717) is 11.5 Å². The first kappa shape index (κ1) is 10.9. The second kappa shape index (κ2) is 4.49. The molecule has 0 spiro atoms. The monoisotopic (exact) mass is 332 g/mol. The Labute approximate surface area is 105 Å². The molecule has 0 saturated carbocycles. The molecule has 0 radical (unpaired) electrons. The van der Waals surface area contributed by atoms with Crippen molar-refractivity contribution in [3.63, 3.8) is 0 Å². The van der Waals surface area contributed by atoms with E-state index in [0.717, 1.165) is 10.1 Å². The zero-order chi connectivity index (χ0) is 10.8. The zero-order valence-corrected chi connectivity index (χ0v) is 11.1. The Hall–Kier alpha value is -0.620. The second-order valence-electron chi connectivity index (χ2n) is 3.01. The number of carbonyl (C=O) groups is 1. The molecular weight excluding hydrogens is 323 g/mol. The van der Waals surface area contributed by atoms with Gasteiger partial charge in [0, 0.05) is 8.27 Å². The Balaban J connectivity index is 2.42. The molecule has 2 nitrogen and oxygen atoms in total. The molecule has 0 saturated heterocycles. The summed E-state index contributed by atoms with van der Waals surface area (Å²) in [7, 11) is 0. The van der Waals surface area contributed by atoms with Gasteiger partial charge in [-0.15, -0.1) is 11.3 Å². The first-order valence-electron chi connectivity index (χ1n) is 4.57. The van der Waals surface area contributed by atoms with Crippen LogP contribution in [0.5, 0.6) is 0 Å². The molecule has 2 aromatic rings. The highest BCUT2D eigenvalue weighted by molar-refractivity contribution is 14.1. The van der Waals surface area contributed by atoms with Gasteiger partial charge in [0.2, 0.25) is 0 Å². The summed E-state index contributed by atoms with van der Waals surface area (Å²) in [5, 5.41) is 1.11. The minimum absolute atomic E-state index is 0.228. The van der Waals surface area contributed by atoms with Crippen molar-refractivity contribution in [1.82, 2.24) is 0 Å². The number of fused-ring (bicyclic) bond motifs is 1. The van der Waals surface area contributed by atoms with Gasteiger partial charge < -0.3 is 4.74 Å². The van der Waals surface area contributed by atoms with E-state index in [-0.39, 0.29) is 5.97 Å². The van der Waals surface area contributed by atoms with Gasteiger partial charge in [0.1, 0.15) is 4.88 Å². The molecule has 0 aliphatic heterocycles. The predicted molar refractivity (Wildman–Crippen MR) is 70.5 cm³/mol. The van der Waals surface area contributed by atoms with Gasteiger partial charge in [-0.25, -0.2) is 4.79 Å². The molecule has 4 heteroatoms. The maximum absolute atomic E-state index is 11.5. The summed E-state index contributed by atoms with van der Waals surface area (Å²) in [5.74, 6) is -0.228. The SMILES string of the molecule is CCOC(=O)c1cc2cc(I)ccc2s1. The molecule has 0 amide bonds. The van der Waals surface area contributed by atoms with Crippen molar-refractivity contribution in [3.8, 4) is 0 Å². The lowest BCUT2D eigenvalue weighted by Crippen LogP contribution is -2.01. The first-order chi connectivity index (χ1) is 7.20. The van der Waals surface area contributed by atoms with E-state index in [1.54, 1.807) is 0 Å². The van der Waals surface area contributed by atoms with Crippen LogP contribution in [0.15, 0.2) is 24.3 Å². The summed E-state index contributed by atoms with van der Waals surface area (Å²) in [5.41, 5.74) is 0. The minimum Gasteiger partial charge on any atom is -0.462 e. The highest BCUT2D eigenvalue weighted by atomic mass is 127. The van der Waals surface area contributed by atoms with E-state index < -0.39 is 0 Å². The lowest BCUT2D eigenvalue weighted by molar-refractivity contribution is 0.0532. The summed E-state index contributed by atoms with van der Waals surface area (Å²) >= 11 is 3.74. The van der Waals surface area contributed by atoms with Crippen LogP contribution < -0.4 is 0 Å². The molecule has 1 heterocycles. The maximum Gasteiger partial charge on any atom is 0.348 e. The quantitative estimate of drug-likeness (QED) is 0.619. The normalized spacial score (nSPS) is 10.5. The summed E-state index contributed by atoms with van der Waals surface area (Å²) in [6.07, 6.45) is 0. The average molecular weight is 332 g/mol. The standard InChI is InChI=1S/C11H9IO2S/c1-2-14-11(13)10-6-7-5-8(12)3-4-9(7)15-10/h3-6H,2H2,1H3. The first-order valence-corrected chi connectivity index (χ1v) is 6.46. The van der Waals surface area contributed by atoms with Gasteiger partial charge in [-0.2, -0.15) is 0 Å². The third-order valence-electron chi connectivity index (χ3n) is 1.95. The molecule has 0 fully saturated rings. The lowest BCUT2D eigenvalue weighted by atomic mass is 10.2. The Bertz CT molecular complexity index is 504. The number of halogens is 1. The topological polar surface area (TPSA) is 26.3 Å². The van der Waals surface area contributed by atoms with E-state index in [1.165, 1.54) is 14.9 Å². The number of hydrogen-bond acceptors (Lipinski definition) is 3. The third-order valence-corrected chi connectivity index (χ3v) is 3.72. The molecule has 1 aromatic heterocycles. The van der Waals surface area contributed by atoms with Crippen LogP contribution in [0.4, 0.5) is 0 Å². The smallest absolute Gasteiger partial charge is 0.348 e. The largest absolute Gasteiger partial charge is 0.462 e. The molecule has 0 bridgehead atoms. The predicted octanol–water partition coefficient (Wildman–Crippen LogP) is 3.68. The fourth-order valence-corrected chi connectivity index (χ4v) is 2.77. The van der Waals surface area contributed by atoms with Gasteiger partial charge in [0.25, 0.3) is 0 Å².